The Balaban J connectivity index is 3.19. The lowest BCUT2D eigenvalue weighted by molar-refractivity contribution is -0.0107. The molecule has 0 heterocycles. The summed E-state index contributed by atoms with van der Waals surface area (Å²) in [6, 6.07) is 7.21. The molecule has 1 aromatic rings. The predicted octanol–water partition coefficient (Wildman–Crippen LogP) is 5.79. The van der Waals surface area contributed by atoms with Crippen molar-refractivity contribution in [2.24, 2.45) is 0 Å². The average molecular weight is 316 g/mol. The van der Waals surface area contributed by atoms with Gasteiger partial charge in [0.1, 0.15) is 11.4 Å². The predicted molar refractivity (Wildman–Crippen MR) is 72.6 cm³/mol. The molecule has 0 aliphatic rings. The van der Waals surface area contributed by atoms with Crippen LogP contribution >= 0.6 is 10.2 Å². The van der Waals surface area contributed by atoms with Crippen molar-refractivity contribution in [1.29, 1.82) is 0 Å². The van der Waals surface area contributed by atoms with Gasteiger partial charge in [0.15, 0.2) is 0 Å². The maximum absolute atomic E-state index is 12.8. The first-order chi connectivity index (χ1) is 8.71. The Labute approximate surface area is 115 Å². The van der Waals surface area contributed by atoms with Gasteiger partial charge in [0.05, 0.1) is 6.61 Å². The third kappa shape index (κ3) is 5.92. The third-order valence-corrected chi connectivity index (χ3v) is 3.67. The van der Waals surface area contributed by atoms with E-state index in [1.54, 1.807) is 13.0 Å². The second kappa shape index (κ2) is 4.46. The second-order valence-electron chi connectivity index (χ2n) is 5.12. The van der Waals surface area contributed by atoms with Crippen molar-refractivity contribution in [3.8, 4) is 0 Å². The van der Waals surface area contributed by atoms with Gasteiger partial charge in [-0.25, -0.2) is 0 Å². The van der Waals surface area contributed by atoms with Crippen LogP contribution in [0.25, 0.3) is 0 Å². The number of hydrogen-bond acceptors (Lipinski definition) is 1. The van der Waals surface area contributed by atoms with Crippen molar-refractivity contribution in [3.05, 3.63) is 48.0 Å². The fourth-order valence-electron chi connectivity index (χ4n) is 1.80. The summed E-state index contributed by atoms with van der Waals surface area (Å²) >= 11 is 0. The van der Waals surface area contributed by atoms with E-state index in [0.717, 1.165) is 6.92 Å². The van der Waals surface area contributed by atoms with Crippen molar-refractivity contribution in [1.82, 2.24) is 0 Å². The van der Waals surface area contributed by atoms with E-state index in [-0.39, 0.29) is 12.2 Å². The Morgan fingerprint density at radius 2 is 1.65 bits per heavy atom. The van der Waals surface area contributed by atoms with E-state index in [0.29, 0.717) is 5.57 Å². The largest absolute Gasteiger partial charge is 0.365 e. The molecule has 0 saturated carbocycles. The lowest BCUT2D eigenvalue weighted by atomic mass is 9.98. The van der Waals surface area contributed by atoms with E-state index in [1.165, 1.54) is 24.3 Å². The Morgan fingerprint density at radius 3 is 2.05 bits per heavy atom. The fourth-order valence-corrected chi connectivity index (χ4v) is 3.09. The number of hydrogen-bond donors (Lipinski definition) is 0. The molecule has 7 heteroatoms. The van der Waals surface area contributed by atoms with Crippen molar-refractivity contribution in [3.63, 3.8) is 0 Å². The quantitative estimate of drug-likeness (QED) is 0.476. The molecule has 0 aliphatic heterocycles. The zero-order chi connectivity index (χ0) is 15.7. The minimum Gasteiger partial charge on any atom is -0.365 e. The summed E-state index contributed by atoms with van der Waals surface area (Å²) in [4.78, 5) is 0. The number of halogens is 5. The zero-order valence-electron chi connectivity index (χ0n) is 11.2. The Kier molecular flexibility index (Phi) is 3.78. The van der Waals surface area contributed by atoms with Crippen LogP contribution in [0.2, 0.25) is 0 Å². The van der Waals surface area contributed by atoms with Gasteiger partial charge in [-0.15, -0.1) is 0 Å². The maximum atomic E-state index is 12.8. The molecule has 0 radical (unpaired) electrons. The van der Waals surface area contributed by atoms with Crippen LogP contribution in [0.4, 0.5) is 19.4 Å². The molecule has 0 bridgehead atoms. The normalized spacial score (nSPS) is 18.8. The standard InChI is InChI=1S/C13H17F5OS/c1-11(2)9-19-13(3,10-20(14,15,16,17)18)12-7-5-4-6-8-12/h4-8H,1,9-10H2,2-3H3. The Hall–Kier alpha value is -1.08. The molecule has 0 saturated heterocycles. The van der Waals surface area contributed by atoms with Crippen LogP contribution in [0.15, 0.2) is 42.5 Å². The SMILES string of the molecule is C=C(C)COC(C)(CS(F)(F)(F)(F)F)c1ccccc1. The van der Waals surface area contributed by atoms with Crippen LogP contribution in [0.3, 0.4) is 0 Å². The van der Waals surface area contributed by atoms with E-state index < -0.39 is 21.6 Å². The van der Waals surface area contributed by atoms with Crippen LogP contribution in [0.1, 0.15) is 19.4 Å². The van der Waals surface area contributed by atoms with Gasteiger partial charge in [0.2, 0.25) is 0 Å². The molecule has 1 rings (SSSR count). The minimum absolute atomic E-state index is 0.0505. The highest BCUT2D eigenvalue weighted by Crippen LogP contribution is 2.98. The summed E-state index contributed by atoms with van der Waals surface area (Å²) in [6.07, 6.45) is 0. The van der Waals surface area contributed by atoms with Gasteiger partial charge in [0, 0.05) is 0 Å². The van der Waals surface area contributed by atoms with Crippen LogP contribution < -0.4 is 0 Å². The summed E-state index contributed by atoms with van der Waals surface area (Å²) in [6.45, 7) is 5.84. The summed E-state index contributed by atoms with van der Waals surface area (Å²) in [7, 11) is -9.61. The molecule has 0 amide bonds. The van der Waals surface area contributed by atoms with Crippen molar-refractivity contribution >= 4 is 10.2 Å². The number of ether oxygens (including phenoxy) is 1. The lowest BCUT2D eigenvalue weighted by Gasteiger charge is -2.46. The molecule has 0 aromatic heterocycles. The van der Waals surface area contributed by atoms with Crippen molar-refractivity contribution in [2.45, 2.75) is 19.4 Å². The molecular formula is C13H17F5OS. The Bertz CT molecular complexity index is 496. The minimum atomic E-state index is -9.61. The maximum Gasteiger partial charge on any atom is 0.288 e. The highest BCUT2D eigenvalue weighted by molar-refractivity contribution is 8.45. The summed E-state index contributed by atoms with van der Waals surface area (Å²) in [5.41, 5.74) is -1.65. The first-order valence-corrected chi connectivity index (χ1v) is 7.89. The topological polar surface area (TPSA) is 9.23 Å². The molecule has 0 spiro atoms. The molecule has 1 atom stereocenters. The van der Waals surface area contributed by atoms with Crippen LogP contribution in [-0.2, 0) is 10.3 Å². The van der Waals surface area contributed by atoms with Gasteiger partial charge in [0.25, 0.3) is 10.2 Å². The second-order valence-corrected chi connectivity index (χ2v) is 7.66. The van der Waals surface area contributed by atoms with Gasteiger partial charge in [-0.2, -0.15) is 0 Å². The third-order valence-electron chi connectivity index (χ3n) is 2.57. The number of rotatable bonds is 6. The molecule has 116 valence electrons. The van der Waals surface area contributed by atoms with Gasteiger partial charge in [-0.3, -0.25) is 0 Å². The zero-order valence-corrected chi connectivity index (χ0v) is 12.0. The molecule has 0 fully saturated rings. The number of benzene rings is 1. The molecular weight excluding hydrogens is 299 g/mol. The summed E-state index contributed by atoms with van der Waals surface area (Å²) in [5, 5.41) is 0. The lowest BCUT2D eigenvalue weighted by Crippen LogP contribution is -2.36. The molecule has 0 N–H and O–H groups in total. The highest BCUT2D eigenvalue weighted by atomic mass is 32.5. The summed E-state index contributed by atoms with van der Waals surface area (Å²) < 4.78 is 69.2. The van der Waals surface area contributed by atoms with Crippen LogP contribution in [0.5, 0.6) is 0 Å². The molecule has 0 aliphatic carbocycles. The van der Waals surface area contributed by atoms with E-state index >= 15 is 0 Å². The monoisotopic (exact) mass is 316 g/mol. The highest BCUT2D eigenvalue weighted by Gasteiger charge is 2.67. The van der Waals surface area contributed by atoms with Crippen LogP contribution in [0, 0.1) is 0 Å². The van der Waals surface area contributed by atoms with E-state index in [9.17, 15) is 19.4 Å². The van der Waals surface area contributed by atoms with Crippen LogP contribution in [-0.4, -0.2) is 12.4 Å². The van der Waals surface area contributed by atoms with E-state index in [2.05, 4.69) is 6.58 Å². The van der Waals surface area contributed by atoms with E-state index in [4.69, 9.17) is 4.74 Å². The van der Waals surface area contributed by atoms with Gasteiger partial charge in [-0.05, 0) is 19.4 Å². The molecule has 1 aromatic carbocycles. The first-order valence-electron chi connectivity index (χ1n) is 5.77. The summed E-state index contributed by atoms with van der Waals surface area (Å²) in [5.74, 6) is -2.30. The fraction of sp³-hybridized carbons (Fsp3) is 0.385. The van der Waals surface area contributed by atoms with Crippen molar-refractivity contribution < 1.29 is 24.2 Å². The molecule has 1 nitrogen and oxygen atoms in total. The average Bonchev–Trinajstić information content (AvgIpc) is 2.23. The smallest absolute Gasteiger partial charge is 0.288 e. The first kappa shape index (κ1) is 17.0. The Morgan fingerprint density at radius 1 is 1.15 bits per heavy atom. The van der Waals surface area contributed by atoms with Gasteiger partial charge >= 0.3 is 0 Å². The molecule has 1 unspecified atom stereocenters. The van der Waals surface area contributed by atoms with E-state index in [1.807, 2.05) is 0 Å². The van der Waals surface area contributed by atoms with Crippen molar-refractivity contribution in [2.75, 3.05) is 12.4 Å². The molecule has 20 heavy (non-hydrogen) atoms. The van der Waals surface area contributed by atoms with Gasteiger partial charge in [-0.1, -0.05) is 61.9 Å². The van der Waals surface area contributed by atoms with Gasteiger partial charge < -0.3 is 4.74 Å².